The summed E-state index contributed by atoms with van der Waals surface area (Å²) < 4.78 is 4.67. The third-order valence-electron chi connectivity index (χ3n) is 2.69. The van der Waals surface area contributed by atoms with Crippen molar-refractivity contribution >= 4 is 28.9 Å². The lowest BCUT2D eigenvalue weighted by Crippen LogP contribution is -2.33. The van der Waals surface area contributed by atoms with Gasteiger partial charge < -0.3 is 15.4 Å². The van der Waals surface area contributed by atoms with Crippen LogP contribution in [0.15, 0.2) is 18.3 Å². The van der Waals surface area contributed by atoms with Gasteiger partial charge in [-0.25, -0.2) is 9.78 Å². The molecule has 0 spiro atoms. The molecule has 0 aliphatic rings. The van der Waals surface area contributed by atoms with E-state index in [-0.39, 0.29) is 6.04 Å². The van der Waals surface area contributed by atoms with Gasteiger partial charge in [0.15, 0.2) is 0 Å². The van der Waals surface area contributed by atoms with Gasteiger partial charge in [0.25, 0.3) is 0 Å². The van der Waals surface area contributed by atoms with Crippen LogP contribution in [0.2, 0.25) is 0 Å². The molecule has 6 heteroatoms. The molecule has 0 atom stereocenters. The Labute approximate surface area is 118 Å². The fourth-order valence-corrected chi connectivity index (χ4v) is 1.82. The average Bonchev–Trinajstić information content (AvgIpc) is 2.37. The topological polar surface area (TPSA) is 68.5 Å². The van der Waals surface area contributed by atoms with E-state index in [1.807, 2.05) is 6.07 Å². The molecule has 19 heavy (non-hydrogen) atoms. The van der Waals surface area contributed by atoms with Gasteiger partial charge in [0.05, 0.1) is 12.1 Å². The number of rotatable bonds is 6. The molecule has 0 aliphatic heterocycles. The van der Waals surface area contributed by atoms with Crippen molar-refractivity contribution in [2.24, 2.45) is 5.73 Å². The van der Waals surface area contributed by atoms with Gasteiger partial charge in [-0.15, -0.1) is 0 Å². The van der Waals surface area contributed by atoms with Crippen LogP contribution in [0, 0.1) is 0 Å². The molecule has 0 saturated carbocycles. The summed E-state index contributed by atoms with van der Waals surface area (Å²) in [5, 5.41) is 0. The highest BCUT2D eigenvalue weighted by Crippen LogP contribution is 2.18. The maximum absolute atomic E-state index is 11.5. The third-order valence-corrected chi connectivity index (χ3v) is 2.90. The lowest BCUT2D eigenvalue weighted by atomic mass is 10.2. The number of ether oxygens (including phenoxy) is 1. The molecule has 1 heterocycles. The Balaban J connectivity index is 2.96. The first kappa shape index (κ1) is 15.4. The molecule has 0 bridgehead atoms. The minimum Gasteiger partial charge on any atom is -0.464 e. The molecule has 5 nitrogen and oxygen atoms in total. The fraction of sp³-hybridized carbons (Fsp3) is 0.462. The Morgan fingerprint density at radius 3 is 2.79 bits per heavy atom. The summed E-state index contributed by atoms with van der Waals surface area (Å²) in [6, 6.07) is 3.83. The summed E-state index contributed by atoms with van der Waals surface area (Å²) in [4.78, 5) is 18.1. The summed E-state index contributed by atoms with van der Waals surface area (Å²) in [5.41, 5.74) is 6.73. The smallest absolute Gasteiger partial charge is 0.356 e. The Bertz CT molecular complexity index is 463. The van der Waals surface area contributed by atoms with E-state index in [4.69, 9.17) is 18.0 Å². The van der Waals surface area contributed by atoms with Gasteiger partial charge in [0.1, 0.15) is 5.69 Å². The zero-order valence-corrected chi connectivity index (χ0v) is 12.2. The van der Waals surface area contributed by atoms with Gasteiger partial charge >= 0.3 is 5.97 Å². The summed E-state index contributed by atoms with van der Waals surface area (Å²) in [5.74, 6) is -0.445. The second kappa shape index (κ2) is 7.04. The van der Waals surface area contributed by atoms with Crippen molar-refractivity contribution in [1.29, 1.82) is 0 Å². The molecule has 1 rings (SSSR count). The predicted molar refractivity (Wildman–Crippen MR) is 79.5 cm³/mol. The summed E-state index contributed by atoms with van der Waals surface area (Å²) >= 11 is 4.90. The molecule has 0 radical (unpaired) electrons. The Morgan fingerprint density at radius 2 is 2.26 bits per heavy atom. The molecule has 0 aromatic carbocycles. The van der Waals surface area contributed by atoms with Crippen LogP contribution < -0.4 is 10.6 Å². The first-order valence-corrected chi connectivity index (χ1v) is 6.45. The molecule has 104 valence electrons. The number of anilines is 1. The first-order chi connectivity index (χ1) is 8.95. The minimum absolute atomic E-state index is 0.266. The number of aromatic nitrogens is 1. The Morgan fingerprint density at radius 1 is 1.58 bits per heavy atom. The van der Waals surface area contributed by atoms with E-state index in [1.54, 1.807) is 12.3 Å². The second-order valence-electron chi connectivity index (χ2n) is 4.39. The number of methoxy groups -OCH3 is 1. The van der Waals surface area contributed by atoms with Crippen molar-refractivity contribution < 1.29 is 9.53 Å². The quantitative estimate of drug-likeness (QED) is 0.633. The van der Waals surface area contributed by atoms with E-state index in [1.165, 1.54) is 7.11 Å². The number of nitrogens with two attached hydrogens (primary N) is 1. The molecular weight excluding hydrogens is 262 g/mol. The number of esters is 1. The number of thiocarbonyl (C=S) groups is 1. The van der Waals surface area contributed by atoms with Crippen LogP contribution in [-0.4, -0.2) is 35.6 Å². The number of nitrogens with zero attached hydrogens (tertiary/aromatic N) is 2. The van der Waals surface area contributed by atoms with Gasteiger partial charge in [0, 0.05) is 30.9 Å². The van der Waals surface area contributed by atoms with Crippen molar-refractivity contribution in [2.75, 3.05) is 18.6 Å². The lowest BCUT2D eigenvalue weighted by Gasteiger charge is -2.29. The molecular formula is C13H19N3O2S. The zero-order chi connectivity index (χ0) is 14.4. The molecule has 0 saturated heterocycles. The van der Waals surface area contributed by atoms with Gasteiger partial charge in [-0.1, -0.05) is 12.2 Å². The molecule has 0 unspecified atom stereocenters. The van der Waals surface area contributed by atoms with E-state index in [0.717, 1.165) is 5.69 Å². The van der Waals surface area contributed by atoms with Crippen LogP contribution in [0.3, 0.4) is 0 Å². The number of hydrogen-bond acceptors (Lipinski definition) is 5. The summed E-state index contributed by atoms with van der Waals surface area (Å²) in [6.45, 7) is 4.84. The Kier molecular flexibility index (Phi) is 5.69. The monoisotopic (exact) mass is 281 g/mol. The highest BCUT2D eigenvalue weighted by molar-refractivity contribution is 7.80. The van der Waals surface area contributed by atoms with Crippen LogP contribution in [0.25, 0.3) is 0 Å². The maximum Gasteiger partial charge on any atom is 0.356 e. The summed E-state index contributed by atoms with van der Waals surface area (Å²) in [7, 11) is 1.34. The van der Waals surface area contributed by atoms with E-state index in [0.29, 0.717) is 23.6 Å². The number of carbonyl (C=O) groups is 1. The maximum atomic E-state index is 11.5. The van der Waals surface area contributed by atoms with E-state index in [9.17, 15) is 4.79 Å². The lowest BCUT2D eigenvalue weighted by molar-refractivity contribution is 0.0594. The van der Waals surface area contributed by atoms with Crippen LogP contribution >= 0.6 is 12.2 Å². The molecule has 0 aliphatic carbocycles. The van der Waals surface area contributed by atoms with Gasteiger partial charge in [0.2, 0.25) is 0 Å². The molecule has 0 amide bonds. The molecule has 2 N–H and O–H groups in total. The highest BCUT2D eigenvalue weighted by atomic mass is 32.1. The predicted octanol–water partition coefficient (Wildman–Crippen LogP) is 1.76. The van der Waals surface area contributed by atoms with Crippen LogP contribution in [-0.2, 0) is 4.74 Å². The van der Waals surface area contributed by atoms with Crippen molar-refractivity contribution in [2.45, 2.75) is 26.3 Å². The molecule has 1 aromatic heterocycles. The number of pyridine rings is 1. The second-order valence-corrected chi connectivity index (χ2v) is 4.92. The molecule has 1 aromatic rings. The van der Waals surface area contributed by atoms with Gasteiger partial charge in [-0.2, -0.15) is 0 Å². The fourth-order valence-electron chi connectivity index (χ4n) is 1.73. The zero-order valence-electron chi connectivity index (χ0n) is 11.4. The number of carbonyl (C=O) groups excluding carboxylic acids is 1. The van der Waals surface area contributed by atoms with Crippen molar-refractivity contribution in [1.82, 2.24) is 4.98 Å². The van der Waals surface area contributed by atoms with Crippen LogP contribution in [0.4, 0.5) is 5.69 Å². The summed E-state index contributed by atoms with van der Waals surface area (Å²) in [6.07, 6.45) is 2.22. The largest absolute Gasteiger partial charge is 0.464 e. The average molecular weight is 281 g/mol. The van der Waals surface area contributed by atoms with E-state index in [2.05, 4.69) is 28.5 Å². The van der Waals surface area contributed by atoms with Gasteiger partial charge in [-0.05, 0) is 26.0 Å². The van der Waals surface area contributed by atoms with Crippen molar-refractivity contribution in [3.8, 4) is 0 Å². The minimum atomic E-state index is -0.445. The standard InChI is InChI=1S/C13H19N3O2S/c1-9(2)16(7-5-12(14)19)10-4-6-15-11(8-10)13(17)18-3/h4,6,8-9H,5,7H2,1-3H3,(H2,14,19). The van der Waals surface area contributed by atoms with E-state index < -0.39 is 5.97 Å². The van der Waals surface area contributed by atoms with Crippen LogP contribution in [0.1, 0.15) is 30.8 Å². The van der Waals surface area contributed by atoms with E-state index >= 15 is 0 Å². The first-order valence-electron chi connectivity index (χ1n) is 6.05. The normalized spacial score (nSPS) is 10.3. The Hall–Kier alpha value is -1.69. The van der Waals surface area contributed by atoms with Gasteiger partial charge in [-0.3, -0.25) is 0 Å². The SMILES string of the molecule is COC(=O)c1cc(N(CCC(N)=S)C(C)C)ccn1. The van der Waals surface area contributed by atoms with Crippen LogP contribution in [0.5, 0.6) is 0 Å². The molecule has 0 fully saturated rings. The third kappa shape index (κ3) is 4.48. The van der Waals surface area contributed by atoms with Crippen molar-refractivity contribution in [3.05, 3.63) is 24.0 Å². The number of hydrogen-bond donors (Lipinski definition) is 1. The van der Waals surface area contributed by atoms with Crippen molar-refractivity contribution in [3.63, 3.8) is 0 Å². The highest BCUT2D eigenvalue weighted by Gasteiger charge is 2.14.